The Morgan fingerprint density at radius 1 is 0.516 bits per heavy atom. The third kappa shape index (κ3) is 15.6. The van der Waals surface area contributed by atoms with Crippen LogP contribution in [0.4, 0.5) is 0 Å². The standard InChI is InChI=1S/C30H56N/c1-5-7-9-11-13-15-17-19-21-23-29-25-30(27-31(26-29)28(3)4)24-22-20-18-16-14-12-10-8-6-2/h25-28H,5-24H2,1-4H3/q+1. The molecule has 0 radical (unpaired) electrons. The topological polar surface area (TPSA) is 3.88 Å². The van der Waals surface area contributed by atoms with Crippen molar-refractivity contribution < 1.29 is 4.57 Å². The number of pyridine rings is 1. The predicted molar refractivity (Wildman–Crippen MR) is 139 cm³/mol. The van der Waals surface area contributed by atoms with Crippen LogP contribution >= 0.6 is 0 Å². The first-order valence-corrected chi connectivity index (χ1v) is 14.2. The van der Waals surface area contributed by atoms with E-state index in [0.717, 1.165) is 0 Å². The lowest BCUT2D eigenvalue weighted by Gasteiger charge is -2.08. The number of hydrogen-bond donors (Lipinski definition) is 0. The summed E-state index contributed by atoms with van der Waals surface area (Å²) in [5.74, 6) is 0. The van der Waals surface area contributed by atoms with Crippen molar-refractivity contribution in [3.05, 3.63) is 29.6 Å². The maximum absolute atomic E-state index is 2.51. The van der Waals surface area contributed by atoms with E-state index in [1.807, 2.05) is 0 Å². The van der Waals surface area contributed by atoms with Crippen molar-refractivity contribution in [2.24, 2.45) is 0 Å². The maximum atomic E-state index is 2.51. The van der Waals surface area contributed by atoms with E-state index in [0.29, 0.717) is 6.04 Å². The second-order valence-electron chi connectivity index (χ2n) is 10.3. The molecule has 0 saturated heterocycles. The molecule has 31 heavy (non-hydrogen) atoms. The molecule has 0 spiro atoms. The summed E-state index contributed by atoms with van der Waals surface area (Å²) in [6.45, 7) is 9.22. The summed E-state index contributed by atoms with van der Waals surface area (Å²) in [6.07, 6.45) is 32.8. The molecular weight excluding hydrogens is 374 g/mol. The summed E-state index contributed by atoms with van der Waals surface area (Å²) in [5, 5.41) is 0. The van der Waals surface area contributed by atoms with Crippen molar-refractivity contribution in [1.82, 2.24) is 0 Å². The molecule has 1 aromatic rings. The van der Waals surface area contributed by atoms with Gasteiger partial charge in [0.25, 0.3) is 0 Å². The zero-order valence-electron chi connectivity index (χ0n) is 21.9. The Bertz CT molecular complexity index is 479. The van der Waals surface area contributed by atoms with Gasteiger partial charge in [-0.3, -0.25) is 0 Å². The minimum absolute atomic E-state index is 0.560. The third-order valence-corrected chi connectivity index (χ3v) is 6.73. The number of hydrogen-bond acceptors (Lipinski definition) is 0. The van der Waals surface area contributed by atoms with Crippen LogP contribution in [0.15, 0.2) is 18.5 Å². The van der Waals surface area contributed by atoms with E-state index in [1.165, 1.54) is 128 Å². The molecule has 1 aromatic heterocycles. The molecule has 0 aliphatic carbocycles. The van der Waals surface area contributed by atoms with Gasteiger partial charge in [0.05, 0.1) is 0 Å². The molecule has 0 aliphatic heterocycles. The average Bonchev–Trinajstić information content (AvgIpc) is 2.76. The molecule has 0 saturated carbocycles. The number of unbranched alkanes of at least 4 members (excludes halogenated alkanes) is 16. The highest BCUT2D eigenvalue weighted by Gasteiger charge is 2.11. The first-order chi connectivity index (χ1) is 15.2. The van der Waals surface area contributed by atoms with Crippen molar-refractivity contribution in [3.63, 3.8) is 0 Å². The van der Waals surface area contributed by atoms with Crippen LogP contribution in [0, 0.1) is 0 Å². The Kier molecular flexibility index (Phi) is 18.0. The highest BCUT2D eigenvalue weighted by atomic mass is 15.0. The second-order valence-corrected chi connectivity index (χ2v) is 10.3. The van der Waals surface area contributed by atoms with E-state index < -0.39 is 0 Å². The van der Waals surface area contributed by atoms with Crippen molar-refractivity contribution in [2.45, 2.75) is 162 Å². The van der Waals surface area contributed by atoms with Crippen LogP contribution in [0.5, 0.6) is 0 Å². The molecule has 0 amide bonds. The molecule has 0 unspecified atom stereocenters. The minimum atomic E-state index is 0.560. The van der Waals surface area contributed by atoms with Crippen molar-refractivity contribution in [2.75, 3.05) is 0 Å². The Morgan fingerprint density at radius 3 is 1.16 bits per heavy atom. The number of rotatable bonds is 21. The number of aromatic nitrogens is 1. The van der Waals surface area contributed by atoms with E-state index >= 15 is 0 Å². The molecule has 0 aromatic carbocycles. The molecular formula is C30H56N+. The van der Waals surface area contributed by atoms with Crippen LogP contribution in [-0.2, 0) is 12.8 Å². The zero-order chi connectivity index (χ0) is 22.6. The Hall–Kier alpha value is -0.850. The van der Waals surface area contributed by atoms with Crippen LogP contribution < -0.4 is 4.57 Å². The largest absolute Gasteiger partial charge is 0.203 e. The van der Waals surface area contributed by atoms with Gasteiger partial charge in [-0.25, -0.2) is 4.57 Å². The van der Waals surface area contributed by atoms with E-state index in [9.17, 15) is 0 Å². The first-order valence-electron chi connectivity index (χ1n) is 14.2. The lowest BCUT2D eigenvalue weighted by atomic mass is 10.0. The molecule has 0 aliphatic rings. The van der Waals surface area contributed by atoms with Gasteiger partial charge in [0.1, 0.15) is 0 Å². The first kappa shape index (κ1) is 28.2. The summed E-state index contributed by atoms with van der Waals surface area (Å²) in [4.78, 5) is 0. The maximum Gasteiger partial charge on any atom is 0.172 e. The number of nitrogens with zero attached hydrogens (tertiary/aromatic N) is 1. The smallest absolute Gasteiger partial charge is 0.172 e. The van der Waals surface area contributed by atoms with E-state index in [-0.39, 0.29) is 0 Å². The lowest BCUT2D eigenvalue weighted by Crippen LogP contribution is -2.36. The monoisotopic (exact) mass is 430 g/mol. The number of aryl methyl sites for hydroxylation is 2. The average molecular weight is 431 g/mol. The molecule has 1 heteroatoms. The van der Waals surface area contributed by atoms with E-state index in [1.54, 1.807) is 11.1 Å². The highest BCUT2D eigenvalue weighted by molar-refractivity contribution is 5.15. The van der Waals surface area contributed by atoms with Gasteiger partial charge < -0.3 is 0 Å². The minimum Gasteiger partial charge on any atom is -0.203 e. The molecule has 1 rings (SSSR count). The summed E-state index contributed by atoms with van der Waals surface area (Å²) in [7, 11) is 0. The van der Waals surface area contributed by atoms with Crippen LogP contribution in [0.2, 0.25) is 0 Å². The summed E-state index contributed by atoms with van der Waals surface area (Å²) < 4.78 is 2.45. The van der Waals surface area contributed by atoms with Crippen LogP contribution in [0.3, 0.4) is 0 Å². The van der Waals surface area contributed by atoms with E-state index in [4.69, 9.17) is 0 Å². The van der Waals surface area contributed by atoms with Crippen LogP contribution in [0.25, 0.3) is 0 Å². The normalized spacial score (nSPS) is 11.5. The van der Waals surface area contributed by atoms with Gasteiger partial charge in [-0.15, -0.1) is 0 Å². The Balaban J connectivity index is 2.26. The fourth-order valence-corrected chi connectivity index (χ4v) is 4.58. The molecule has 1 heterocycles. The summed E-state index contributed by atoms with van der Waals surface area (Å²) >= 11 is 0. The van der Waals surface area contributed by atoms with Gasteiger partial charge in [-0.1, -0.05) is 117 Å². The van der Waals surface area contributed by atoms with Crippen molar-refractivity contribution in [1.29, 1.82) is 0 Å². The van der Waals surface area contributed by atoms with Crippen molar-refractivity contribution >= 4 is 0 Å². The van der Waals surface area contributed by atoms with E-state index in [2.05, 4.69) is 50.7 Å². The quantitative estimate of drug-likeness (QED) is 0.135. The summed E-state index contributed by atoms with van der Waals surface area (Å²) in [5.41, 5.74) is 3.12. The Labute approximate surface area is 196 Å². The van der Waals surface area contributed by atoms with Gasteiger partial charge in [-0.05, 0) is 45.6 Å². The van der Waals surface area contributed by atoms with Gasteiger partial charge >= 0.3 is 0 Å². The molecule has 0 atom stereocenters. The molecule has 1 nitrogen and oxygen atoms in total. The summed E-state index contributed by atoms with van der Waals surface area (Å²) in [6, 6.07) is 3.07. The van der Waals surface area contributed by atoms with Gasteiger partial charge in [0, 0.05) is 11.1 Å². The van der Waals surface area contributed by atoms with Crippen LogP contribution in [-0.4, -0.2) is 0 Å². The molecule has 180 valence electrons. The Morgan fingerprint density at radius 2 is 0.839 bits per heavy atom. The fraction of sp³-hybridized carbons (Fsp3) is 0.833. The van der Waals surface area contributed by atoms with Crippen molar-refractivity contribution in [3.8, 4) is 0 Å². The van der Waals surface area contributed by atoms with Crippen LogP contribution in [0.1, 0.15) is 160 Å². The zero-order valence-corrected chi connectivity index (χ0v) is 21.9. The van der Waals surface area contributed by atoms with Gasteiger partial charge in [0.15, 0.2) is 18.4 Å². The van der Waals surface area contributed by atoms with Gasteiger partial charge in [0.2, 0.25) is 0 Å². The molecule has 0 bridgehead atoms. The highest BCUT2D eigenvalue weighted by Crippen LogP contribution is 2.15. The fourth-order valence-electron chi connectivity index (χ4n) is 4.58. The molecule has 0 N–H and O–H groups in total. The third-order valence-electron chi connectivity index (χ3n) is 6.73. The molecule has 0 fully saturated rings. The SMILES string of the molecule is CCCCCCCCCCCc1cc(CCCCCCCCCCC)c[n+](C(C)C)c1. The predicted octanol–water partition coefficient (Wildman–Crippen LogP) is 9.70. The lowest BCUT2D eigenvalue weighted by molar-refractivity contribution is -0.716. The van der Waals surface area contributed by atoms with Gasteiger partial charge in [-0.2, -0.15) is 0 Å². The second kappa shape index (κ2) is 19.8.